The lowest BCUT2D eigenvalue weighted by molar-refractivity contribution is 0.116. The van der Waals surface area contributed by atoms with E-state index in [9.17, 15) is 4.79 Å². The highest BCUT2D eigenvalue weighted by molar-refractivity contribution is 5.79. The number of fused-ring (bicyclic) bond motifs is 1. The Morgan fingerprint density at radius 1 is 1.03 bits per heavy atom. The summed E-state index contributed by atoms with van der Waals surface area (Å²) in [6.45, 7) is 7.84. The lowest BCUT2D eigenvalue weighted by Crippen LogP contribution is -2.35. The van der Waals surface area contributed by atoms with Crippen LogP contribution in [0.4, 0.5) is 0 Å². The van der Waals surface area contributed by atoms with Crippen molar-refractivity contribution in [3.63, 3.8) is 0 Å². The highest BCUT2D eigenvalue weighted by Gasteiger charge is 2.30. The zero-order valence-corrected chi connectivity index (χ0v) is 20.8. The van der Waals surface area contributed by atoms with Gasteiger partial charge in [-0.1, -0.05) is 55.8 Å². The molecule has 5 rings (SSSR count). The van der Waals surface area contributed by atoms with E-state index < -0.39 is 0 Å². The maximum Gasteiger partial charge on any atom is 0.252 e. The van der Waals surface area contributed by atoms with E-state index in [1.54, 1.807) is 6.26 Å². The molecule has 0 aliphatic heterocycles. The first kappa shape index (κ1) is 23.7. The lowest BCUT2D eigenvalue weighted by Gasteiger charge is -2.33. The summed E-state index contributed by atoms with van der Waals surface area (Å²) in [4.78, 5) is 18.4. The van der Waals surface area contributed by atoms with E-state index in [1.165, 1.54) is 0 Å². The molecule has 0 saturated carbocycles. The first-order valence-electron chi connectivity index (χ1n) is 12.2. The maximum absolute atomic E-state index is 13.1. The van der Waals surface area contributed by atoms with Crippen molar-refractivity contribution in [2.75, 3.05) is 0 Å². The lowest BCUT2D eigenvalue weighted by atomic mass is 10.00. The average molecular weight is 483 g/mol. The zero-order chi connectivity index (χ0) is 25.1. The van der Waals surface area contributed by atoms with Crippen LogP contribution in [0.2, 0.25) is 0 Å². The molecule has 0 amide bonds. The number of aromatic amines is 1. The van der Waals surface area contributed by atoms with Crippen molar-refractivity contribution in [1.82, 2.24) is 30.1 Å². The van der Waals surface area contributed by atoms with Gasteiger partial charge < -0.3 is 9.40 Å². The molecule has 0 fully saturated rings. The first-order valence-corrected chi connectivity index (χ1v) is 12.2. The van der Waals surface area contributed by atoms with Crippen LogP contribution in [0.15, 0.2) is 82.2 Å². The van der Waals surface area contributed by atoms with E-state index in [2.05, 4.69) is 64.4 Å². The normalized spacial score (nSPS) is 12.6. The Kier molecular flexibility index (Phi) is 6.77. The quantitative estimate of drug-likeness (QED) is 0.322. The predicted molar refractivity (Wildman–Crippen MR) is 138 cm³/mol. The second-order valence-corrected chi connectivity index (χ2v) is 9.57. The molecule has 8 nitrogen and oxygen atoms in total. The molecule has 184 valence electrons. The minimum absolute atomic E-state index is 0.0952. The SMILES string of the molecule is Cc1ccc2[nH]c(=O)c(CN(Cc3ccco3)[C@@H](c3nnnn3Cc3ccccc3)C(C)C)cc2c1. The van der Waals surface area contributed by atoms with Crippen LogP contribution in [-0.4, -0.2) is 30.1 Å². The number of benzene rings is 2. The predicted octanol–water partition coefficient (Wildman–Crippen LogP) is 4.86. The highest BCUT2D eigenvalue weighted by Crippen LogP contribution is 2.30. The Balaban J connectivity index is 1.54. The van der Waals surface area contributed by atoms with Crippen LogP contribution in [0.3, 0.4) is 0 Å². The summed E-state index contributed by atoms with van der Waals surface area (Å²) in [5.74, 6) is 1.74. The third-order valence-corrected chi connectivity index (χ3v) is 6.41. The van der Waals surface area contributed by atoms with Crippen LogP contribution in [-0.2, 0) is 19.6 Å². The molecule has 1 atom stereocenters. The second-order valence-electron chi connectivity index (χ2n) is 9.57. The largest absolute Gasteiger partial charge is 0.468 e. The van der Waals surface area contributed by atoms with Gasteiger partial charge in [0, 0.05) is 17.6 Å². The molecule has 8 heteroatoms. The number of furan rings is 1. The fourth-order valence-electron chi connectivity index (χ4n) is 4.74. The van der Waals surface area contributed by atoms with Gasteiger partial charge in [-0.05, 0) is 64.5 Å². The number of tetrazole rings is 1. The number of aryl methyl sites for hydroxylation is 1. The molecule has 0 spiro atoms. The number of pyridine rings is 1. The summed E-state index contributed by atoms with van der Waals surface area (Å²) in [5.41, 5.74) is 3.69. The maximum atomic E-state index is 13.1. The van der Waals surface area contributed by atoms with Crippen molar-refractivity contribution >= 4 is 10.9 Å². The molecule has 3 heterocycles. The van der Waals surface area contributed by atoms with Gasteiger partial charge in [0.25, 0.3) is 5.56 Å². The van der Waals surface area contributed by atoms with E-state index in [1.807, 2.05) is 53.2 Å². The number of aromatic nitrogens is 5. The molecule has 0 unspecified atom stereocenters. The fraction of sp³-hybridized carbons (Fsp3) is 0.286. The summed E-state index contributed by atoms with van der Waals surface area (Å²) in [5, 5.41) is 13.8. The Morgan fingerprint density at radius 2 is 1.86 bits per heavy atom. The van der Waals surface area contributed by atoms with Gasteiger partial charge in [-0.3, -0.25) is 9.69 Å². The molecular weight excluding hydrogens is 452 g/mol. The minimum Gasteiger partial charge on any atom is -0.468 e. The van der Waals surface area contributed by atoms with Gasteiger partial charge in [0.15, 0.2) is 5.82 Å². The van der Waals surface area contributed by atoms with E-state index in [4.69, 9.17) is 4.42 Å². The van der Waals surface area contributed by atoms with Crippen molar-refractivity contribution in [2.24, 2.45) is 5.92 Å². The fourth-order valence-corrected chi connectivity index (χ4v) is 4.74. The Labute approximate surface area is 209 Å². The van der Waals surface area contributed by atoms with Crippen molar-refractivity contribution in [1.29, 1.82) is 0 Å². The molecule has 0 bridgehead atoms. The van der Waals surface area contributed by atoms with Crippen molar-refractivity contribution in [3.8, 4) is 0 Å². The third-order valence-electron chi connectivity index (χ3n) is 6.41. The molecule has 36 heavy (non-hydrogen) atoms. The van der Waals surface area contributed by atoms with Gasteiger partial charge in [0.2, 0.25) is 0 Å². The van der Waals surface area contributed by atoms with Crippen LogP contribution in [0.5, 0.6) is 0 Å². The molecule has 5 aromatic rings. The second kappa shape index (κ2) is 10.3. The molecular formula is C28H30N6O2. The van der Waals surface area contributed by atoms with Gasteiger partial charge in [-0.25, -0.2) is 4.68 Å². The van der Waals surface area contributed by atoms with Crippen LogP contribution in [0, 0.1) is 12.8 Å². The minimum atomic E-state index is -0.151. The highest BCUT2D eigenvalue weighted by atomic mass is 16.3. The monoisotopic (exact) mass is 482 g/mol. The van der Waals surface area contributed by atoms with E-state index in [0.29, 0.717) is 25.2 Å². The summed E-state index contributed by atoms with van der Waals surface area (Å²) >= 11 is 0. The van der Waals surface area contributed by atoms with Gasteiger partial charge >= 0.3 is 0 Å². The number of hydrogen-bond donors (Lipinski definition) is 1. The topological polar surface area (TPSA) is 92.8 Å². The number of H-pyrrole nitrogens is 1. The van der Waals surface area contributed by atoms with Crippen molar-refractivity contribution < 1.29 is 4.42 Å². The smallest absolute Gasteiger partial charge is 0.252 e. The number of hydrogen-bond acceptors (Lipinski definition) is 6. The van der Waals surface area contributed by atoms with Crippen LogP contribution >= 0.6 is 0 Å². The number of nitrogens with one attached hydrogen (secondary N) is 1. The van der Waals surface area contributed by atoms with Crippen LogP contribution in [0.1, 0.15) is 48.2 Å². The van der Waals surface area contributed by atoms with Gasteiger partial charge in [-0.2, -0.15) is 0 Å². The summed E-state index contributed by atoms with van der Waals surface area (Å²) in [7, 11) is 0. The molecule has 0 aliphatic carbocycles. The zero-order valence-electron chi connectivity index (χ0n) is 20.8. The molecule has 2 aromatic carbocycles. The van der Waals surface area contributed by atoms with Crippen LogP contribution < -0.4 is 5.56 Å². The van der Waals surface area contributed by atoms with Crippen molar-refractivity contribution in [2.45, 2.75) is 46.4 Å². The average Bonchev–Trinajstić information content (AvgIpc) is 3.53. The Hall–Kier alpha value is -4.04. The van der Waals surface area contributed by atoms with E-state index >= 15 is 0 Å². The molecule has 1 N–H and O–H groups in total. The standard InChI is InChI=1S/C28H30N6O2/c1-19(2)26(27-30-31-32-34(27)16-21-8-5-4-6-9-21)33(18-24-10-7-13-36-24)17-23-15-22-14-20(3)11-12-25(22)29-28(23)35/h4-15,19,26H,16-18H2,1-3H3,(H,29,35)/t26-/m1/s1. The summed E-state index contributed by atoms with van der Waals surface area (Å²) in [6.07, 6.45) is 1.67. The van der Waals surface area contributed by atoms with Crippen LogP contribution in [0.25, 0.3) is 10.9 Å². The number of nitrogens with zero attached hydrogens (tertiary/aromatic N) is 5. The first-order chi connectivity index (χ1) is 17.5. The summed E-state index contributed by atoms with van der Waals surface area (Å²) in [6, 6.07) is 21.8. The van der Waals surface area contributed by atoms with E-state index in [-0.39, 0.29) is 17.5 Å². The molecule has 0 saturated heterocycles. The van der Waals surface area contributed by atoms with Gasteiger partial charge in [0.05, 0.1) is 25.4 Å². The number of rotatable bonds is 9. The summed E-state index contributed by atoms with van der Waals surface area (Å²) < 4.78 is 7.56. The Morgan fingerprint density at radius 3 is 2.61 bits per heavy atom. The molecule has 0 aliphatic rings. The molecule has 3 aromatic heterocycles. The van der Waals surface area contributed by atoms with E-state index in [0.717, 1.165) is 33.6 Å². The van der Waals surface area contributed by atoms with Crippen molar-refractivity contribution in [3.05, 3.63) is 112 Å². The Bertz CT molecular complexity index is 1490. The van der Waals surface area contributed by atoms with Gasteiger partial charge in [-0.15, -0.1) is 5.10 Å². The van der Waals surface area contributed by atoms with Gasteiger partial charge in [0.1, 0.15) is 5.76 Å². The molecule has 0 radical (unpaired) electrons. The third kappa shape index (κ3) is 5.13.